The fraction of sp³-hybridized carbons (Fsp3) is 0.700. The van der Waals surface area contributed by atoms with Crippen LogP contribution in [0.15, 0.2) is 0 Å². The minimum Gasteiger partial charge on any atom is -0.476 e. The normalized spacial score (nSPS) is 11.0. The summed E-state index contributed by atoms with van der Waals surface area (Å²) in [6.07, 6.45) is 1.17. The Kier molecular flexibility index (Phi) is 4.42. The van der Waals surface area contributed by atoms with Gasteiger partial charge in [-0.15, -0.1) is 5.10 Å². The molecule has 1 aromatic heterocycles. The Morgan fingerprint density at radius 3 is 2.69 bits per heavy atom. The molecule has 1 aromatic rings. The molecule has 0 spiro atoms. The van der Waals surface area contributed by atoms with E-state index in [-0.39, 0.29) is 12.3 Å². The summed E-state index contributed by atoms with van der Waals surface area (Å²) in [6.45, 7) is 4.58. The average Bonchev–Trinajstić information content (AvgIpc) is 2.57. The summed E-state index contributed by atoms with van der Waals surface area (Å²) < 4.78 is 1.57. The van der Waals surface area contributed by atoms with E-state index in [0.717, 1.165) is 0 Å². The number of aliphatic hydroxyl groups excluding tert-OH is 1. The molecule has 0 saturated heterocycles. The third-order valence-electron chi connectivity index (χ3n) is 2.17. The Balaban J connectivity index is 2.94. The van der Waals surface area contributed by atoms with Crippen LogP contribution in [0.3, 0.4) is 0 Å². The molecule has 0 aliphatic rings. The lowest BCUT2D eigenvalue weighted by Gasteiger charge is -2.08. The van der Waals surface area contributed by atoms with Crippen LogP contribution >= 0.6 is 0 Å². The summed E-state index contributed by atoms with van der Waals surface area (Å²) in [4.78, 5) is 10.9. The summed E-state index contributed by atoms with van der Waals surface area (Å²) >= 11 is 0. The van der Waals surface area contributed by atoms with E-state index in [9.17, 15) is 4.79 Å². The van der Waals surface area contributed by atoms with Gasteiger partial charge >= 0.3 is 5.97 Å². The van der Waals surface area contributed by atoms with Crippen molar-refractivity contribution in [2.75, 3.05) is 6.61 Å². The van der Waals surface area contributed by atoms with E-state index in [4.69, 9.17) is 10.2 Å². The SMILES string of the molecule is CC(C)Cc1c(C(=O)O)nnn1CCCO. The molecule has 6 nitrogen and oxygen atoms in total. The first-order valence-electron chi connectivity index (χ1n) is 5.32. The number of aromatic carboxylic acids is 1. The lowest BCUT2D eigenvalue weighted by Crippen LogP contribution is -2.11. The molecule has 1 rings (SSSR count). The average molecular weight is 227 g/mol. The summed E-state index contributed by atoms with van der Waals surface area (Å²) in [6, 6.07) is 0. The lowest BCUT2D eigenvalue weighted by atomic mass is 10.1. The first kappa shape index (κ1) is 12.6. The number of hydrogen-bond acceptors (Lipinski definition) is 4. The molecule has 0 amide bonds. The second-order valence-electron chi connectivity index (χ2n) is 4.09. The van der Waals surface area contributed by atoms with Crippen molar-refractivity contribution in [3.05, 3.63) is 11.4 Å². The zero-order valence-electron chi connectivity index (χ0n) is 9.55. The van der Waals surface area contributed by atoms with E-state index in [0.29, 0.717) is 31.0 Å². The highest BCUT2D eigenvalue weighted by molar-refractivity contribution is 5.86. The number of carboxylic acid groups (broad SMARTS) is 1. The van der Waals surface area contributed by atoms with Crippen molar-refractivity contribution < 1.29 is 15.0 Å². The minimum absolute atomic E-state index is 0.0200. The van der Waals surface area contributed by atoms with E-state index >= 15 is 0 Å². The van der Waals surface area contributed by atoms with Gasteiger partial charge in [0.15, 0.2) is 5.69 Å². The fourth-order valence-electron chi connectivity index (χ4n) is 1.49. The van der Waals surface area contributed by atoms with Crippen LogP contribution in [0.25, 0.3) is 0 Å². The standard InChI is InChI=1S/C10H17N3O3/c1-7(2)6-8-9(10(15)16)11-12-13(8)4-3-5-14/h7,14H,3-6H2,1-2H3,(H,15,16). The second kappa shape index (κ2) is 5.60. The number of rotatable bonds is 6. The van der Waals surface area contributed by atoms with Crippen molar-refractivity contribution >= 4 is 5.97 Å². The number of aliphatic hydroxyl groups is 1. The molecular formula is C10H17N3O3. The molecule has 0 fully saturated rings. The molecule has 0 saturated carbocycles. The van der Waals surface area contributed by atoms with E-state index in [2.05, 4.69) is 10.3 Å². The van der Waals surface area contributed by atoms with Crippen molar-refractivity contribution in [1.29, 1.82) is 0 Å². The first-order chi connectivity index (χ1) is 7.56. The highest BCUT2D eigenvalue weighted by Gasteiger charge is 2.19. The lowest BCUT2D eigenvalue weighted by molar-refractivity contribution is 0.0689. The number of aromatic nitrogens is 3. The summed E-state index contributed by atoms with van der Waals surface area (Å²) in [5.74, 6) is -0.713. The fourth-order valence-corrected chi connectivity index (χ4v) is 1.49. The Labute approximate surface area is 93.9 Å². The van der Waals surface area contributed by atoms with Crippen molar-refractivity contribution in [3.63, 3.8) is 0 Å². The molecule has 90 valence electrons. The minimum atomic E-state index is -1.05. The van der Waals surface area contributed by atoms with Gasteiger partial charge in [-0.3, -0.25) is 0 Å². The maximum Gasteiger partial charge on any atom is 0.358 e. The van der Waals surface area contributed by atoms with Gasteiger partial charge in [0.05, 0.1) is 5.69 Å². The van der Waals surface area contributed by atoms with Gasteiger partial charge in [-0.2, -0.15) is 0 Å². The highest BCUT2D eigenvalue weighted by Crippen LogP contribution is 2.12. The molecule has 0 bridgehead atoms. The smallest absolute Gasteiger partial charge is 0.358 e. The molecule has 1 heterocycles. The molecule has 0 unspecified atom stereocenters. The van der Waals surface area contributed by atoms with Crippen molar-refractivity contribution in [2.45, 2.75) is 33.2 Å². The van der Waals surface area contributed by atoms with Gasteiger partial charge < -0.3 is 10.2 Å². The molecular weight excluding hydrogens is 210 g/mol. The predicted molar refractivity (Wildman–Crippen MR) is 57.2 cm³/mol. The van der Waals surface area contributed by atoms with Crippen LogP contribution in [0, 0.1) is 5.92 Å². The third-order valence-corrected chi connectivity index (χ3v) is 2.17. The van der Waals surface area contributed by atoms with Crippen LogP contribution in [0.5, 0.6) is 0 Å². The van der Waals surface area contributed by atoms with Crippen molar-refractivity contribution in [1.82, 2.24) is 15.0 Å². The highest BCUT2D eigenvalue weighted by atomic mass is 16.4. The Morgan fingerprint density at radius 2 is 2.19 bits per heavy atom. The Bertz CT molecular complexity index is 360. The number of carboxylic acids is 1. The number of aryl methyl sites for hydroxylation is 1. The van der Waals surface area contributed by atoms with E-state index in [1.165, 1.54) is 0 Å². The van der Waals surface area contributed by atoms with E-state index in [1.807, 2.05) is 13.8 Å². The van der Waals surface area contributed by atoms with Crippen LogP contribution in [0.1, 0.15) is 36.5 Å². The first-order valence-corrected chi connectivity index (χ1v) is 5.32. The van der Waals surface area contributed by atoms with E-state index in [1.54, 1.807) is 4.68 Å². The van der Waals surface area contributed by atoms with Crippen LogP contribution in [0.4, 0.5) is 0 Å². The monoisotopic (exact) mass is 227 g/mol. The maximum absolute atomic E-state index is 10.9. The van der Waals surface area contributed by atoms with Crippen LogP contribution in [0.2, 0.25) is 0 Å². The quantitative estimate of drug-likeness (QED) is 0.741. The van der Waals surface area contributed by atoms with Gasteiger partial charge in [0.1, 0.15) is 0 Å². The summed E-state index contributed by atoms with van der Waals surface area (Å²) in [5, 5.41) is 25.1. The van der Waals surface area contributed by atoms with Gasteiger partial charge in [-0.25, -0.2) is 9.48 Å². The van der Waals surface area contributed by atoms with Gasteiger partial charge in [0.25, 0.3) is 0 Å². The molecule has 0 aliphatic carbocycles. The third kappa shape index (κ3) is 3.03. The number of carbonyl (C=O) groups is 1. The molecule has 0 atom stereocenters. The van der Waals surface area contributed by atoms with Crippen LogP contribution in [-0.4, -0.2) is 37.8 Å². The number of hydrogen-bond donors (Lipinski definition) is 2. The predicted octanol–water partition coefficient (Wildman–Crippen LogP) is 0.557. The zero-order chi connectivity index (χ0) is 12.1. The molecule has 6 heteroatoms. The summed E-state index contributed by atoms with van der Waals surface area (Å²) in [5.41, 5.74) is 0.655. The molecule has 2 N–H and O–H groups in total. The van der Waals surface area contributed by atoms with Crippen LogP contribution < -0.4 is 0 Å². The van der Waals surface area contributed by atoms with Gasteiger partial charge in [0.2, 0.25) is 0 Å². The topological polar surface area (TPSA) is 88.2 Å². The Hall–Kier alpha value is -1.43. The largest absolute Gasteiger partial charge is 0.476 e. The van der Waals surface area contributed by atoms with Gasteiger partial charge in [-0.1, -0.05) is 19.1 Å². The maximum atomic E-state index is 10.9. The second-order valence-corrected chi connectivity index (χ2v) is 4.09. The zero-order valence-corrected chi connectivity index (χ0v) is 9.55. The number of nitrogens with zero attached hydrogens (tertiary/aromatic N) is 3. The Morgan fingerprint density at radius 1 is 1.50 bits per heavy atom. The van der Waals surface area contributed by atoms with Crippen LogP contribution in [-0.2, 0) is 13.0 Å². The molecule has 0 aromatic carbocycles. The molecule has 16 heavy (non-hydrogen) atoms. The molecule has 0 radical (unpaired) electrons. The van der Waals surface area contributed by atoms with Crippen molar-refractivity contribution in [2.24, 2.45) is 5.92 Å². The van der Waals surface area contributed by atoms with Gasteiger partial charge in [-0.05, 0) is 18.8 Å². The van der Waals surface area contributed by atoms with Gasteiger partial charge in [0, 0.05) is 13.2 Å². The van der Waals surface area contributed by atoms with Crippen molar-refractivity contribution in [3.8, 4) is 0 Å². The summed E-state index contributed by atoms with van der Waals surface area (Å²) in [7, 11) is 0. The van der Waals surface area contributed by atoms with E-state index < -0.39 is 5.97 Å². The molecule has 0 aliphatic heterocycles.